The highest BCUT2D eigenvalue weighted by atomic mass is 19.1. The third-order valence-electron chi connectivity index (χ3n) is 4.73. The fourth-order valence-corrected chi connectivity index (χ4v) is 3.33. The fraction of sp³-hybridized carbons (Fsp3) is 0.500. The number of aliphatic hydroxyl groups is 1. The van der Waals surface area contributed by atoms with Gasteiger partial charge in [-0.15, -0.1) is 0 Å². The summed E-state index contributed by atoms with van der Waals surface area (Å²) in [6.07, 6.45) is 0.387. The van der Waals surface area contributed by atoms with Crippen LogP contribution in [-0.2, 0) is 17.8 Å². The average molecular weight is 346 g/mol. The minimum atomic E-state index is -0.529. The molecule has 0 aliphatic carbocycles. The number of nitrogens with zero attached hydrogens (tertiary/aromatic N) is 4. The Kier molecular flexibility index (Phi) is 5.13. The first-order valence-corrected chi connectivity index (χ1v) is 8.51. The Morgan fingerprint density at radius 3 is 2.80 bits per heavy atom. The van der Waals surface area contributed by atoms with E-state index in [1.54, 1.807) is 34.7 Å². The number of aryl methyl sites for hydroxylation is 2. The van der Waals surface area contributed by atoms with E-state index in [9.17, 15) is 14.3 Å². The summed E-state index contributed by atoms with van der Waals surface area (Å²) in [6.45, 7) is 4.65. The summed E-state index contributed by atoms with van der Waals surface area (Å²) in [6, 6.07) is 6.58. The molecule has 2 aromatic rings. The molecule has 1 saturated heterocycles. The van der Waals surface area contributed by atoms with Gasteiger partial charge in [0, 0.05) is 19.0 Å². The van der Waals surface area contributed by atoms with E-state index in [2.05, 4.69) is 10.1 Å². The quantitative estimate of drug-likeness (QED) is 0.910. The van der Waals surface area contributed by atoms with Gasteiger partial charge in [0.25, 0.3) is 0 Å². The smallest absolute Gasteiger partial charge is 0.244 e. The highest BCUT2D eigenvalue weighted by molar-refractivity contribution is 5.76. The lowest BCUT2D eigenvalue weighted by Gasteiger charge is -2.36. The van der Waals surface area contributed by atoms with E-state index in [0.717, 1.165) is 0 Å². The number of hydrogen-bond donors (Lipinski definition) is 1. The second kappa shape index (κ2) is 7.31. The molecule has 134 valence electrons. The van der Waals surface area contributed by atoms with Crippen LogP contribution in [0.5, 0.6) is 0 Å². The number of benzene rings is 1. The van der Waals surface area contributed by atoms with Crippen molar-refractivity contribution in [1.29, 1.82) is 0 Å². The molecule has 6 nitrogen and oxygen atoms in total. The van der Waals surface area contributed by atoms with E-state index in [0.29, 0.717) is 43.1 Å². The Labute approximate surface area is 146 Å². The van der Waals surface area contributed by atoms with Crippen molar-refractivity contribution < 1.29 is 14.3 Å². The SMILES string of the molecule is Cc1nc(C)n(CC(=O)N2CC[C@@H](O)[C@H](Cc3ccccc3F)C2)n1. The van der Waals surface area contributed by atoms with Gasteiger partial charge >= 0.3 is 0 Å². The maximum atomic E-state index is 13.9. The summed E-state index contributed by atoms with van der Waals surface area (Å²) >= 11 is 0. The Bertz CT molecular complexity index is 761. The maximum absolute atomic E-state index is 13.9. The van der Waals surface area contributed by atoms with Gasteiger partial charge in [-0.2, -0.15) is 5.10 Å². The summed E-state index contributed by atoms with van der Waals surface area (Å²) in [5.41, 5.74) is 0.573. The van der Waals surface area contributed by atoms with Gasteiger partial charge in [0.2, 0.25) is 5.91 Å². The van der Waals surface area contributed by atoms with E-state index < -0.39 is 6.10 Å². The Hall–Kier alpha value is -2.28. The second-order valence-electron chi connectivity index (χ2n) is 6.62. The molecule has 1 aliphatic rings. The molecule has 0 spiro atoms. The van der Waals surface area contributed by atoms with Crippen molar-refractivity contribution >= 4 is 5.91 Å². The minimum absolute atomic E-state index is 0.0570. The molecule has 7 heteroatoms. The van der Waals surface area contributed by atoms with Crippen LogP contribution >= 0.6 is 0 Å². The van der Waals surface area contributed by atoms with Crippen LogP contribution in [0.15, 0.2) is 24.3 Å². The van der Waals surface area contributed by atoms with Gasteiger partial charge in [0.05, 0.1) is 6.10 Å². The van der Waals surface area contributed by atoms with Crippen LogP contribution in [-0.4, -0.2) is 49.9 Å². The number of hydrogen-bond acceptors (Lipinski definition) is 4. The van der Waals surface area contributed by atoms with Crippen LogP contribution < -0.4 is 0 Å². The van der Waals surface area contributed by atoms with Gasteiger partial charge in [0.1, 0.15) is 24.0 Å². The van der Waals surface area contributed by atoms with Crippen LogP contribution in [0.3, 0.4) is 0 Å². The highest BCUT2D eigenvalue weighted by Crippen LogP contribution is 2.23. The van der Waals surface area contributed by atoms with Gasteiger partial charge < -0.3 is 10.0 Å². The van der Waals surface area contributed by atoms with Crippen LogP contribution in [0.1, 0.15) is 23.6 Å². The van der Waals surface area contributed by atoms with Crippen molar-refractivity contribution in [3.8, 4) is 0 Å². The number of amides is 1. The standard InChI is InChI=1S/C18H23FN4O2/c1-12-20-13(2)23(21-12)11-18(25)22-8-7-17(24)15(10-22)9-14-5-3-4-6-16(14)19/h3-6,15,17,24H,7-11H2,1-2H3/t15-,17-/m1/s1. The number of carbonyl (C=O) groups is 1. The number of carbonyl (C=O) groups excluding carboxylic acids is 1. The average Bonchev–Trinajstić information content (AvgIpc) is 2.89. The summed E-state index contributed by atoms with van der Waals surface area (Å²) in [4.78, 5) is 18.5. The van der Waals surface area contributed by atoms with Gasteiger partial charge in [-0.05, 0) is 38.3 Å². The Morgan fingerprint density at radius 2 is 2.12 bits per heavy atom. The third kappa shape index (κ3) is 4.04. The molecule has 25 heavy (non-hydrogen) atoms. The van der Waals surface area contributed by atoms with Crippen molar-refractivity contribution in [3.05, 3.63) is 47.3 Å². The fourth-order valence-electron chi connectivity index (χ4n) is 3.33. The normalized spacial score (nSPS) is 20.7. The Morgan fingerprint density at radius 1 is 1.36 bits per heavy atom. The van der Waals surface area contributed by atoms with E-state index in [4.69, 9.17) is 0 Å². The summed E-state index contributed by atoms with van der Waals surface area (Å²) in [5.74, 6) is 0.834. The minimum Gasteiger partial charge on any atom is -0.393 e. The first kappa shape index (κ1) is 17.5. The van der Waals surface area contributed by atoms with Crippen molar-refractivity contribution in [2.75, 3.05) is 13.1 Å². The van der Waals surface area contributed by atoms with Crippen LogP contribution in [0.25, 0.3) is 0 Å². The topological polar surface area (TPSA) is 71.2 Å². The molecule has 0 radical (unpaired) electrons. The van der Waals surface area contributed by atoms with E-state index in [1.807, 2.05) is 6.92 Å². The molecular weight excluding hydrogens is 323 g/mol. The lowest BCUT2D eigenvalue weighted by atomic mass is 9.88. The van der Waals surface area contributed by atoms with E-state index in [-0.39, 0.29) is 24.2 Å². The predicted octanol–water partition coefficient (Wildman–Crippen LogP) is 1.49. The third-order valence-corrected chi connectivity index (χ3v) is 4.73. The summed E-state index contributed by atoms with van der Waals surface area (Å²) in [5, 5.41) is 14.5. The molecule has 1 aromatic heterocycles. The zero-order valence-electron chi connectivity index (χ0n) is 14.5. The molecular formula is C18H23FN4O2. The summed E-state index contributed by atoms with van der Waals surface area (Å²) < 4.78 is 15.5. The van der Waals surface area contributed by atoms with Crippen LogP contribution in [0, 0.1) is 25.6 Å². The molecule has 2 heterocycles. The van der Waals surface area contributed by atoms with Gasteiger partial charge in [-0.3, -0.25) is 4.79 Å². The molecule has 2 atom stereocenters. The number of rotatable bonds is 4. The predicted molar refractivity (Wildman–Crippen MR) is 90.3 cm³/mol. The zero-order chi connectivity index (χ0) is 18.0. The lowest BCUT2D eigenvalue weighted by Crippen LogP contribution is -2.47. The maximum Gasteiger partial charge on any atom is 0.244 e. The number of likely N-dealkylation sites (tertiary alicyclic amines) is 1. The van der Waals surface area contributed by atoms with Crippen molar-refractivity contribution in [2.45, 2.75) is 39.3 Å². The van der Waals surface area contributed by atoms with Crippen LogP contribution in [0.2, 0.25) is 0 Å². The molecule has 0 bridgehead atoms. The first-order valence-electron chi connectivity index (χ1n) is 8.51. The molecule has 1 amide bonds. The molecule has 1 N–H and O–H groups in total. The van der Waals surface area contributed by atoms with Crippen molar-refractivity contribution in [2.24, 2.45) is 5.92 Å². The van der Waals surface area contributed by atoms with Gasteiger partial charge in [-0.25, -0.2) is 14.1 Å². The summed E-state index contributed by atoms with van der Waals surface area (Å²) in [7, 11) is 0. The first-order chi connectivity index (χ1) is 11.9. The van der Waals surface area contributed by atoms with E-state index >= 15 is 0 Å². The molecule has 1 aromatic carbocycles. The van der Waals surface area contributed by atoms with Crippen molar-refractivity contribution in [1.82, 2.24) is 19.7 Å². The lowest BCUT2D eigenvalue weighted by molar-refractivity contribution is -0.135. The highest BCUT2D eigenvalue weighted by Gasteiger charge is 2.31. The molecule has 0 saturated carbocycles. The van der Waals surface area contributed by atoms with Crippen molar-refractivity contribution in [3.63, 3.8) is 0 Å². The molecule has 1 aliphatic heterocycles. The molecule has 3 rings (SSSR count). The second-order valence-corrected chi connectivity index (χ2v) is 6.62. The number of aliphatic hydroxyl groups excluding tert-OH is 1. The number of aromatic nitrogens is 3. The van der Waals surface area contributed by atoms with Gasteiger partial charge in [0.15, 0.2) is 0 Å². The number of piperidine rings is 1. The number of halogens is 1. The van der Waals surface area contributed by atoms with Crippen LogP contribution in [0.4, 0.5) is 4.39 Å². The van der Waals surface area contributed by atoms with E-state index in [1.165, 1.54) is 6.07 Å². The zero-order valence-corrected chi connectivity index (χ0v) is 14.5. The molecule has 1 fully saturated rings. The Balaban J connectivity index is 1.66. The van der Waals surface area contributed by atoms with Gasteiger partial charge in [-0.1, -0.05) is 18.2 Å². The largest absolute Gasteiger partial charge is 0.393 e. The monoisotopic (exact) mass is 346 g/mol. The molecule has 0 unspecified atom stereocenters.